The number of amides is 1. The summed E-state index contributed by atoms with van der Waals surface area (Å²) in [4.78, 5) is 24.4. The van der Waals surface area contributed by atoms with Gasteiger partial charge in [0.05, 0.1) is 0 Å². The van der Waals surface area contributed by atoms with E-state index < -0.39 is 5.97 Å². The van der Waals surface area contributed by atoms with Crippen LogP contribution in [-0.4, -0.2) is 18.5 Å². The first kappa shape index (κ1) is 26.3. The van der Waals surface area contributed by atoms with Crippen LogP contribution in [0.25, 0.3) is 6.08 Å². The molecule has 0 aliphatic heterocycles. The summed E-state index contributed by atoms with van der Waals surface area (Å²) in [6.45, 7) is 3.94. The number of hydrogen-bond donors (Lipinski definition) is 1. The van der Waals surface area contributed by atoms with Gasteiger partial charge < -0.3 is 14.8 Å². The van der Waals surface area contributed by atoms with E-state index in [1.165, 1.54) is 6.08 Å². The number of nitrogens with one attached hydrogen (secondary N) is 1. The van der Waals surface area contributed by atoms with Crippen LogP contribution in [0.2, 0.25) is 10.0 Å². The van der Waals surface area contributed by atoms with Gasteiger partial charge in [-0.05, 0) is 59.9 Å². The maximum Gasteiger partial charge on any atom is 0.331 e. The van der Waals surface area contributed by atoms with E-state index in [-0.39, 0.29) is 19.1 Å². The van der Waals surface area contributed by atoms with E-state index in [1.54, 1.807) is 48.5 Å². The Morgan fingerprint density at radius 1 is 0.886 bits per heavy atom. The third-order valence-corrected chi connectivity index (χ3v) is 6.05. The molecule has 1 N–H and O–H groups in total. The predicted octanol–water partition coefficient (Wildman–Crippen LogP) is 6.89. The summed E-state index contributed by atoms with van der Waals surface area (Å²) >= 11 is 12.3. The second-order valence-electron chi connectivity index (χ2n) is 7.71. The average molecular weight is 512 g/mol. The fourth-order valence-corrected chi connectivity index (χ4v) is 3.94. The van der Waals surface area contributed by atoms with Crippen LogP contribution >= 0.6 is 23.2 Å². The van der Waals surface area contributed by atoms with Gasteiger partial charge in [-0.1, -0.05) is 73.4 Å². The first-order valence-electron chi connectivity index (χ1n) is 11.3. The number of halogens is 2. The third kappa shape index (κ3) is 7.61. The van der Waals surface area contributed by atoms with Crippen molar-refractivity contribution < 1.29 is 19.1 Å². The summed E-state index contributed by atoms with van der Waals surface area (Å²) in [6.07, 6.45) is 4.48. The zero-order chi connectivity index (χ0) is 25.2. The molecule has 0 aromatic heterocycles. The van der Waals surface area contributed by atoms with Gasteiger partial charge in [-0.25, -0.2) is 4.79 Å². The Bertz CT molecular complexity index is 1160. The summed E-state index contributed by atoms with van der Waals surface area (Å²) in [6, 6.07) is 18.4. The second-order valence-corrected chi connectivity index (χ2v) is 8.52. The number of rotatable bonds is 10. The van der Waals surface area contributed by atoms with Crippen LogP contribution in [0.4, 0.5) is 5.69 Å². The normalized spacial score (nSPS) is 10.9. The first-order chi connectivity index (χ1) is 16.9. The zero-order valence-electron chi connectivity index (χ0n) is 19.6. The molecule has 3 aromatic carbocycles. The quantitative estimate of drug-likeness (QED) is 0.237. The molecule has 0 aliphatic rings. The van der Waals surface area contributed by atoms with E-state index in [9.17, 15) is 9.59 Å². The first-order valence-corrected chi connectivity index (χ1v) is 12.1. The fourth-order valence-electron chi connectivity index (χ4n) is 3.43. The lowest BCUT2D eigenvalue weighted by Gasteiger charge is -2.14. The van der Waals surface area contributed by atoms with Gasteiger partial charge in [-0.2, -0.15) is 0 Å². The molecule has 3 rings (SSSR count). The molecule has 0 fully saturated rings. The van der Waals surface area contributed by atoms with Gasteiger partial charge in [0.25, 0.3) is 5.91 Å². The molecule has 0 atom stereocenters. The van der Waals surface area contributed by atoms with Crippen LogP contribution in [0.15, 0.2) is 66.7 Å². The molecule has 0 saturated heterocycles. The van der Waals surface area contributed by atoms with Crippen molar-refractivity contribution >= 4 is 46.8 Å². The van der Waals surface area contributed by atoms with Crippen molar-refractivity contribution in [3.8, 4) is 5.75 Å². The van der Waals surface area contributed by atoms with Crippen molar-refractivity contribution in [2.45, 2.75) is 33.3 Å². The summed E-state index contributed by atoms with van der Waals surface area (Å²) in [7, 11) is 0. The summed E-state index contributed by atoms with van der Waals surface area (Å²) in [5, 5.41) is 3.97. The van der Waals surface area contributed by atoms with Gasteiger partial charge in [-0.15, -0.1) is 0 Å². The van der Waals surface area contributed by atoms with Crippen LogP contribution in [0.3, 0.4) is 0 Å². The summed E-state index contributed by atoms with van der Waals surface area (Å²) < 4.78 is 10.8. The lowest BCUT2D eigenvalue weighted by molar-refractivity contribution is -0.142. The van der Waals surface area contributed by atoms with Crippen molar-refractivity contribution in [3.63, 3.8) is 0 Å². The molecular weight excluding hydrogens is 485 g/mol. The van der Waals surface area contributed by atoms with Crippen LogP contribution in [0.1, 0.15) is 36.1 Å². The summed E-state index contributed by atoms with van der Waals surface area (Å²) in [5.41, 5.74) is 4.39. The van der Waals surface area contributed by atoms with Gasteiger partial charge in [-0.3, -0.25) is 4.79 Å². The molecule has 1 amide bonds. The standard InChI is InChI=1S/C28H27Cl2NO4/c1-3-20-7-5-8-21(4-2)28(20)31-26(32)18-35-27(33)16-13-19-11-14-22(15-12-19)34-17-23-24(29)9-6-10-25(23)30/h5-16H,3-4,17-18H2,1-2H3,(H,31,32). The van der Waals surface area contributed by atoms with Crippen molar-refractivity contribution in [3.05, 3.63) is 99.0 Å². The molecule has 0 bridgehead atoms. The van der Waals surface area contributed by atoms with E-state index in [4.69, 9.17) is 32.7 Å². The predicted molar refractivity (Wildman–Crippen MR) is 141 cm³/mol. The number of benzene rings is 3. The molecule has 7 heteroatoms. The Kier molecular flexibility index (Phi) is 9.76. The second kappa shape index (κ2) is 13.0. The Morgan fingerprint density at radius 2 is 1.49 bits per heavy atom. The van der Waals surface area contributed by atoms with Gasteiger partial charge in [0.2, 0.25) is 0 Å². The van der Waals surface area contributed by atoms with Crippen LogP contribution in [-0.2, 0) is 33.8 Å². The minimum absolute atomic E-state index is 0.241. The number of hydrogen-bond acceptors (Lipinski definition) is 4. The topological polar surface area (TPSA) is 64.6 Å². The maximum absolute atomic E-state index is 12.3. The Balaban J connectivity index is 1.49. The maximum atomic E-state index is 12.3. The van der Waals surface area contributed by atoms with Crippen molar-refractivity contribution in [2.75, 3.05) is 11.9 Å². The van der Waals surface area contributed by atoms with Gasteiger partial charge in [0, 0.05) is 27.4 Å². The SMILES string of the molecule is CCc1cccc(CC)c1NC(=O)COC(=O)C=Cc1ccc(OCc2c(Cl)cccc2Cl)cc1. The number of anilines is 1. The Morgan fingerprint density at radius 3 is 2.09 bits per heavy atom. The van der Waals surface area contributed by atoms with Crippen LogP contribution in [0, 0.1) is 0 Å². The smallest absolute Gasteiger partial charge is 0.331 e. The van der Waals surface area contributed by atoms with Crippen LogP contribution in [0.5, 0.6) is 5.75 Å². The number of para-hydroxylation sites is 1. The van der Waals surface area contributed by atoms with Crippen molar-refractivity contribution in [1.29, 1.82) is 0 Å². The number of esters is 1. The fraction of sp³-hybridized carbons (Fsp3) is 0.214. The van der Waals surface area contributed by atoms with E-state index >= 15 is 0 Å². The summed E-state index contributed by atoms with van der Waals surface area (Å²) in [5.74, 6) is -0.341. The third-order valence-electron chi connectivity index (χ3n) is 5.35. The molecule has 0 spiro atoms. The highest BCUT2D eigenvalue weighted by molar-refractivity contribution is 6.35. The average Bonchev–Trinajstić information content (AvgIpc) is 2.86. The number of carbonyl (C=O) groups excluding carboxylic acids is 2. The molecule has 35 heavy (non-hydrogen) atoms. The molecule has 0 heterocycles. The number of carbonyl (C=O) groups is 2. The molecule has 182 valence electrons. The van der Waals surface area contributed by atoms with Gasteiger partial charge in [0.15, 0.2) is 6.61 Å². The number of aryl methyl sites for hydroxylation is 2. The van der Waals surface area contributed by atoms with Crippen molar-refractivity contribution in [1.82, 2.24) is 0 Å². The molecular formula is C28H27Cl2NO4. The molecule has 3 aromatic rings. The lowest BCUT2D eigenvalue weighted by Crippen LogP contribution is -2.21. The van der Waals surface area contributed by atoms with Crippen molar-refractivity contribution in [2.24, 2.45) is 0 Å². The minimum atomic E-state index is -0.603. The highest BCUT2D eigenvalue weighted by Crippen LogP contribution is 2.26. The lowest BCUT2D eigenvalue weighted by atomic mass is 10.0. The van der Waals surface area contributed by atoms with Crippen LogP contribution < -0.4 is 10.1 Å². The monoisotopic (exact) mass is 511 g/mol. The highest BCUT2D eigenvalue weighted by atomic mass is 35.5. The Hall–Kier alpha value is -3.28. The highest BCUT2D eigenvalue weighted by Gasteiger charge is 2.11. The number of ether oxygens (including phenoxy) is 2. The molecule has 0 unspecified atom stereocenters. The Labute approximate surface area is 215 Å². The largest absolute Gasteiger partial charge is 0.489 e. The minimum Gasteiger partial charge on any atom is -0.489 e. The van der Waals surface area contributed by atoms with E-state index in [0.29, 0.717) is 15.8 Å². The van der Waals surface area contributed by atoms with Gasteiger partial charge in [0.1, 0.15) is 12.4 Å². The molecule has 5 nitrogen and oxygen atoms in total. The molecule has 0 saturated carbocycles. The zero-order valence-corrected chi connectivity index (χ0v) is 21.2. The molecule has 0 radical (unpaired) electrons. The van der Waals surface area contributed by atoms with E-state index in [0.717, 1.165) is 40.8 Å². The van der Waals surface area contributed by atoms with Gasteiger partial charge >= 0.3 is 5.97 Å². The van der Waals surface area contributed by atoms with E-state index in [2.05, 4.69) is 5.32 Å². The molecule has 0 aliphatic carbocycles. The van der Waals surface area contributed by atoms with E-state index in [1.807, 2.05) is 32.0 Å².